The molecule has 0 aliphatic heterocycles. The van der Waals surface area contributed by atoms with Gasteiger partial charge in [0, 0.05) is 32.7 Å². The lowest BCUT2D eigenvalue weighted by Crippen LogP contribution is -2.00. The van der Waals surface area contributed by atoms with E-state index >= 15 is 0 Å². The molecule has 0 saturated heterocycles. The molecule has 0 aliphatic rings. The van der Waals surface area contributed by atoms with Crippen LogP contribution in [0.4, 0.5) is 0 Å². The van der Waals surface area contributed by atoms with Gasteiger partial charge in [0.25, 0.3) is 0 Å². The number of rotatable bonds is 4. The topological polar surface area (TPSA) is 65.0 Å². The molecule has 44 heavy (non-hydrogen) atoms. The minimum Gasteiger partial charge on any atom is -0.456 e. The number of hydrogen-bond donors (Lipinski definition) is 0. The molecular formula is C39H23N3O2. The van der Waals surface area contributed by atoms with Crippen molar-refractivity contribution in [1.82, 2.24) is 15.0 Å². The predicted molar refractivity (Wildman–Crippen MR) is 176 cm³/mol. The van der Waals surface area contributed by atoms with Crippen LogP contribution >= 0.6 is 0 Å². The molecule has 206 valence electrons. The van der Waals surface area contributed by atoms with Gasteiger partial charge in [-0.3, -0.25) is 0 Å². The SMILES string of the molecule is [2H]c1c([2H])c([2H])c(-c2ccc3oc4c(-c5nc(-c6ccccc6)nc(-c6cccc7oc8ccccc8c67)n5)cccc4c3c2)c([2H])c1[2H]. The second-order valence-corrected chi connectivity index (χ2v) is 10.4. The van der Waals surface area contributed by atoms with Crippen LogP contribution in [0.3, 0.4) is 0 Å². The van der Waals surface area contributed by atoms with Crippen LogP contribution in [0.15, 0.2) is 148 Å². The lowest BCUT2D eigenvalue weighted by atomic mass is 10.0. The van der Waals surface area contributed by atoms with E-state index in [0.29, 0.717) is 39.8 Å². The van der Waals surface area contributed by atoms with Crippen LogP contribution in [0.25, 0.3) is 89.2 Å². The van der Waals surface area contributed by atoms with Crippen molar-refractivity contribution in [3.05, 3.63) is 139 Å². The molecule has 6 aromatic carbocycles. The number of benzene rings is 6. The number of para-hydroxylation sites is 2. The molecule has 0 amide bonds. The first-order chi connectivity index (χ1) is 23.9. The van der Waals surface area contributed by atoms with E-state index in [0.717, 1.165) is 43.8 Å². The summed E-state index contributed by atoms with van der Waals surface area (Å²) >= 11 is 0. The highest BCUT2D eigenvalue weighted by atomic mass is 16.3. The monoisotopic (exact) mass is 570 g/mol. The molecular weight excluding hydrogens is 542 g/mol. The number of furan rings is 2. The molecule has 9 rings (SSSR count). The molecule has 9 aromatic rings. The summed E-state index contributed by atoms with van der Waals surface area (Å²) in [4.78, 5) is 15.0. The maximum Gasteiger partial charge on any atom is 0.167 e. The van der Waals surface area contributed by atoms with Crippen molar-refractivity contribution in [3.8, 4) is 45.3 Å². The van der Waals surface area contributed by atoms with Crippen molar-refractivity contribution in [2.24, 2.45) is 0 Å². The summed E-state index contributed by atoms with van der Waals surface area (Å²) in [6.07, 6.45) is 0. The van der Waals surface area contributed by atoms with Gasteiger partial charge in [0.05, 0.1) is 12.4 Å². The molecule has 5 heteroatoms. The Balaban J connectivity index is 1.28. The number of nitrogens with zero attached hydrogens (tertiary/aromatic N) is 3. The summed E-state index contributed by atoms with van der Waals surface area (Å²) in [7, 11) is 0. The maximum atomic E-state index is 8.50. The van der Waals surface area contributed by atoms with Crippen molar-refractivity contribution in [2.45, 2.75) is 0 Å². The molecule has 5 nitrogen and oxygen atoms in total. The van der Waals surface area contributed by atoms with Gasteiger partial charge in [0.2, 0.25) is 0 Å². The van der Waals surface area contributed by atoms with Crippen LogP contribution in [-0.4, -0.2) is 15.0 Å². The van der Waals surface area contributed by atoms with E-state index in [1.165, 1.54) is 0 Å². The summed E-state index contributed by atoms with van der Waals surface area (Å²) in [6.45, 7) is 0. The van der Waals surface area contributed by atoms with Crippen LogP contribution in [0.5, 0.6) is 0 Å². The summed E-state index contributed by atoms with van der Waals surface area (Å²) < 4.78 is 53.9. The molecule has 0 spiro atoms. The highest BCUT2D eigenvalue weighted by Gasteiger charge is 2.20. The second-order valence-electron chi connectivity index (χ2n) is 10.4. The van der Waals surface area contributed by atoms with Crippen molar-refractivity contribution in [1.29, 1.82) is 0 Å². The molecule has 0 atom stereocenters. The van der Waals surface area contributed by atoms with E-state index in [4.69, 9.17) is 30.6 Å². The van der Waals surface area contributed by atoms with E-state index in [1.54, 1.807) is 18.2 Å². The Labute approximate surface area is 259 Å². The Morgan fingerprint density at radius 1 is 0.455 bits per heavy atom. The van der Waals surface area contributed by atoms with E-state index < -0.39 is 6.04 Å². The summed E-state index contributed by atoms with van der Waals surface area (Å²) in [5.74, 6) is 1.41. The average molecular weight is 571 g/mol. The van der Waals surface area contributed by atoms with Gasteiger partial charge >= 0.3 is 0 Å². The molecule has 3 heterocycles. The van der Waals surface area contributed by atoms with Crippen LogP contribution in [0.2, 0.25) is 0 Å². The highest BCUT2D eigenvalue weighted by Crippen LogP contribution is 2.39. The van der Waals surface area contributed by atoms with Gasteiger partial charge < -0.3 is 8.83 Å². The summed E-state index contributed by atoms with van der Waals surface area (Å²) in [5, 5.41) is 3.38. The minimum absolute atomic E-state index is 0.133. The standard InChI is InChI=1S/C39H23N3O2/c1-3-11-24(12-4-1)26-21-22-33-31(23-26)27-16-9-18-30(36(27)44-33)39-41-37(25-13-5-2-6-14-25)40-38(42-39)29-17-10-20-34-35(29)28-15-7-8-19-32(28)43-34/h1-23H/i1D,3D,4D,11D,12D. The smallest absolute Gasteiger partial charge is 0.167 e. The maximum absolute atomic E-state index is 8.50. The molecule has 0 unspecified atom stereocenters. The third-order valence-electron chi connectivity index (χ3n) is 7.84. The zero-order valence-electron chi connectivity index (χ0n) is 28.1. The van der Waals surface area contributed by atoms with Gasteiger partial charge in [-0.2, -0.15) is 0 Å². The van der Waals surface area contributed by atoms with Gasteiger partial charge in [-0.1, -0.05) is 109 Å². The summed E-state index contributed by atoms with van der Waals surface area (Å²) in [5.41, 5.74) is 5.56. The van der Waals surface area contributed by atoms with Crippen molar-refractivity contribution in [2.75, 3.05) is 0 Å². The summed E-state index contributed by atoms with van der Waals surface area (Å²) in [6, 6.07) is 32.8. The zero-order valence-corrected chi connectivity index (χ0v) is 23.1. The van der Waals surface area contributed by atoms with E-state index in [1.807, 2.05) is 91.0 Å². The first-order valence-corrected chi connectivity index (χ1v) is 14.1. The van der Waals surface area contributed by atoms with Gasteiger partial charge in [0.1, 0.15) is 22.3 Å². The first kappa shape index (κ1) is 19.9. The van der Waals surface area contributed by atoms with Crippen LogP contribution in [0.1, 0.15) is 6.85 Å². The largest absolute Gasteiger partial charge is 0.456 e. The molecule has 0 fully saturated rings. The lowest BCUT2D eigenvalue weighted by Gasteiger charge is -2.09. The van der Waals surface area contributed by atoms with Gasteiger partial charge in [-0.15, -0.1) is 0 Å². The Kier molecular flexibility index (Phi) is 4.42. The molecule has 3 aromatic heterocycles. The lowest BCUT2D eigenvalue weighted by molar-refractivity contribution is 0.668. The van der Waals surface area contributed by atoms with Crippen LogP contribution in [0, 0.1) is 0 Å². The number of fused-ring (bicyclic) bond motifs is 6. The predicted octanol–water partition coefficient (Wildman–Crippen LogP) is 10.3. The van der Waals surface area contributed by atoms with Gasteiger partial charge in [0.15, 0.2) is 17.5 Å². The van der Waals surface area contributed by atoms with Crippen molar-refractivity contribution in [3.63, 3.8) is 0 Å². The molecule has 0 aliphatic carbocycles. The van der Waals surface area contributed by atoms with Crippen LogP contribution in [-0.2, 0) is 0 Å². The third kappa shape index (κ3) is 3.91. The highest BCUT2D eigenvalue weighted by molar-refractivity contribution is 6.12. The van der Waals surface area contributed by atoms with Crippen molar-refractivity contribution < 1.29 is 15.7 Å². The molecule has 0 bridgehead atoms. The Morgan fingerprint density at radius 2 is 1.14 bits per heavy atom. The van der Waals surface area contributed by atoms with E-state index in [-0.39, 0.29) is 29.7 Å². The Hall–Kier alpha value is -6.07. The second kappa shape index (κ2) is 9.75. The number of aromatic nitrogens is 3. The fourth-order valence-electron chi connectivity index (χ4n) is 5.82. The van der Waals surface area contributed by atoms with E-state index in [2.05, 4.69) is 0 Å². The Bertz CT molecular complexity index is 2760. The average Bonchev–Trinajstić information content (AvgIpc) is 3.72. The first-order valence-electron chi connectivity index (χ1n) is 16.6. The fourth-order valence-corrected chi connectivity index (χ4v) is 5.82. The third-order valence-corrected chi connectivity index (χ3v) is 7.84. The Morgan fingerprint density at radius 3 is 2.02 bits per heavy atom. The van der Waals surface area contributed by atoms with Crippen molar-refractivity contribution >= 4 is 43.9 Å². The van der Waals surface area contributed by atoms with Gasteiger partial charge in [-0.05, 0) is 41.5 Å². The van der Waals surface area contributed by atoms with E-state index in [9.17, 15) is 0 Å². The number of hydrogen-bond acceptors (Lipinski definition) is 5. The molecule has 0 radical (unpaired) electrons. The van der Waals surface area contributed by atoms with Gasteiger partial charge in [-0.25, -0.2) is 15.0 Å². The normalized spacial score (nSPS) is 13.2. The van der Waals surface area contributed by atoms with Crippen LogP contribution < -0.4 is 0 Å². The zero-order chi connectivity index (χ0) is 33.4. The minimum atomic E-state index is -0.429. The quantitative estimate of drug-likeness (QED) is 0.211. The molecule has 0 saturated carbocycles. The molecule has 0 N–H and O–H groups in total. The fraction of sp³-hybridized carbons (Fsp3) is 0.